The van der Waals surface area contributed by atoms with E-state index in [-0.39, 0.29) is 24.4 Å². The second kappa shape index (κ2) is 5.12. The van der Waals surface area contributed by atoms with E-state index in [0.717, 1.165) is 6.07 Å². The predicted octanol–water partition coefficient (Wildman–Crippen LogP) is 3.61. The fourth-order valence-electron chi connectivity index (χ4n) is 2.77. The molecule has 0 N–H and O–H groups in total. The van der Waals surface area contributed by atoms with Gasteiger partial charge < -0.3 is 4.90 Å². The lowest BCUT2D eigenvalue weighted by molar-refractivity contribution is -0.138. The molecule has 2 aromatic rings. The van der Waals surface area contributed by atoms with Crippen LogP contribution in [0.2, 0.25) is 0 Å². The number of hydrogen-bond acceptors (Lipinski definition) is 2. The van der Waals surface area contributed by atoms with Crippen molar-refractivity contribution < 1.29 is 18.0 Å². The van der Waals surface area contributed by atoms with Crippen molar-refractivity contribution in [2.45, 2.75) is 19.5 Å². The summed E-state index contributed by atoms with van der Waals surface area (Å²) in [5, 5.41) is 0. The number of aromatic nitrogens is 1. The number of hydrogen-bond donors (Lipinski definition) is 0. The smallest absolute Gasteiger partial charge is 0.308 e. The summed E-state index contributed by atoms with van der Waals surface area (Å²) in [7, 11) is 0. The van der Waals surface area contributed by atoms with Crippen LogP contribution in [-0.4, -0.2) is 17.4 Å². The van der Waals surface area contributed by atoms with Gasteiger partial charge in [0, 0.05) is 24.1 Å². The number of benzene rings is 1. The maximum absolute atomic E-state index is 13.0. The highest BCUT2D eigenvalue weighted by Crippen LogP contribution is 2.39. The molecule has 0 fully saturated rings. The Morgan fingerprint density at radius 1 is 1.23 bits per heavy atom. The molecule has 0 spiro atoms. The van der Waals surface area contributed by atoms with Crippen molar-refractivity contribution >= 4 is 11.6 Å². The Bertz CT molecular complexity index is 740. The van der Waals surface area contributed by atoms with Gasteiger partial charge in [0.05, 0.1) is 11.1 Å². The van der Waals surface area contributed by atoms with Gasteiger partial charge >= 0.3 is 6.18 Å². The van der Waals surface area contributed by atoms with Crippen LogP contribution in [0.3, 0.4) is 0 Å². The van der Waals surface area contributed by atoms with Gasteiger partial charge in [0.25, 0.3) is 5.91 Å². The van der Waals surface area contributed by atoms with Crippen molar-refractivity contribution in [3.8, 4) is 0 Å². The molecule has 0 unspecified atom stereocenters. The lowest BCUT2D eigenvalue weighted by Crippen LogP contribution is -2.29. The van der Waals surface area contributed by atoms with E-state index in [4.69, 9.17) is 0 Å². The van der Waals surface area contributed by atoms with Crippen LogP contribution >= 0.6 is 0 Å². The average molecular weight is 306 g/mol. The zero-order valence-corrected chi connectivity index (χ0v) is 11.8. The second-order valence-electron chi connectivity index (χ2n) is 5.14. The highest BCUT2D eigenvalue weighted by Gasteiger charge is 2.38. The van der Waals surface area contributed by atoms with Crippen molar-refractivity contribution in [1.82, 2.24) is 4.98 Å². The number of rotatable bonds is 1. The summed E-state index contributed by atoms with van der Waals surface area (Å²) in [5.74, 6) is -0.316. The Labute approximate surface area is 125 Å². The highest BCUT2D eigenvalue weighted by atomic mass is 19.4. The van der Waals surface area contributed by atoms with E-state index in [1.54, 1.807) is 31.3 Å². The Kier molecular flexibility index (Phi) is 3.39. The van der Waals surface area contributed by atoms with Crippen LogP contribution in [0.25, 0.3) is 0 Å². The minimum atomic E-state index is -4.41. The molecule has 1 aliphatic rings. The van der Waals surface area contributed by atoms with Crippen LogP contribution in [0.5, 0.6) is 0 Å². The van der Waals surface area contributed by atoms with E-state index >= 15 is 0 Å². The Balaban J connectivity index is 2.02. The van der Waals surface area contributed by atoms with Crippen LogP contribution in [0.1, 0.15) is 27.2 Å². The van der Waals surface area contributed by atoms with Crippen molar-refractivity contribution in [3.05, 3.63) is 58.9 Å². The zero-order valence-electron chi connectivity index (χ0n) is 11.8. The fourth-order valence-corrected chi connectivity index (χ4v) is 2.77. The second-order valence-corrected chi connectivity index (χ2v) is 5.14. The van der Waals surface area contributed by atoms with Gasteiger partial charge in [0.15, 0.2) is 0 Å². The van der Waals surface area contributed by atoms with E-state index in [2.05, 4.69) is 4.98 Å². The van der Waals surface area contributed by atoms with Crippen molar-refractivity contribution in [1.29, 1.82) is 0 Å². The van der Waals surface area contributed by atoms with Gasteiger partial charge in [-0.3, -0.25) is 9.78 Å². The first-order valence-electron chi connectivity index (χ1n) is 6.82. The number of halogens is 3. The number of amides is 1. The molecule has 6 heteroatoms. The van der Waals surface area contributed by atoms with Crippen LogP contribution in [-0.2, 0) is 12.6 Å². The van der Waals surface area contributed by atoms with Crippen LogP contribution in [0, 0.1) is 6.92 Å². The summed E-state index contributed by atoms with van der Waals surface area (Å²) in [5.41, 5.74) is 0.830. The number of carbonyl (C=O) groups excluding carboxylic acids is 1. The fraction of sp³-hybridized carbons (Fsp3) is 0.250. The number of alkyl halides is 3. The van der Waals surface area contributed by atoms with Crippen LogP contribution in [0.15, 0.2) is 36.5 Å². The topological polar surface area (TPSA) is 33.2 Å². The third-order valence-corrected chi connectivity index (χ3v) is 3.82. The number of carbonyl (C=O) groups is 1. The molecule has 0 atom stereocenters. The monoisotopic (exact) mass is 306 g/mol. The molecule has 0 saturated heterocycles. The molecule has 3 nitrogen and oxygen atoms in total. The predicted molar refractivity (Wildman–Crippen MR) is 75.8 cm³/mol. The molecular weight excluding hydrogens is 293 g/mol. The molecule has 3 rings (SSSR count). The van der Waals surface area contributed by atoms with Gasteiger partial charge in [0.1, 0.15) is 0 Å². The number of nitrogens with zero attached hydrogens (tertiary/aromatic N) is 2. The quantitative estimate of drug-likeness (QED) is 0.806. The molecule has 1 amide bonds. The standard InChI is InChI=1S/C16H13F3N2O/c1-10-11(4-3-8-20-10)15(22)21-9-7-12-13(16(17,18)19)5-2-6-14(12)21/h2-6,8H,7,9H2,1H3. The maximum atomic E-state index is 13.0. The van der Waals surface area contributed by atoms with E-state index in [1.807, 2.05) is 0 Å². The lowest BCUT2D eigenvalue weighted by atomic mass is 10.0. The van der Waals surface area contributed by atoms with Crippen molar-refractivity contribution in [2.24, 2.45) is 0 Å². The minimum Gasteiger partial charge on any atom is -0.308 e. The summed E-state index contributed by atoms with van der Waals surface area (Å²) >= 11 is 0. The summed E-state index contributed by atoms with van der Waals surface area (Å²) in [6.07, 6.45) is -2.63. The number of anilines is 1. The van der Waals surface area contributed by atoms with E-state index in [9.17, 15) is 18.0 Å². The average Bonchev–Trinajstić information content (AvgIpc) is 2.89. The molecule has 0 bridgehead atoms. The number of fused-ring (bicyclic) bond motifs is 1. The van der Waals surface area contributed by atoms with Gasteiger partial charge in [-0.1, -0.05) is 6.07 Å². The van der Waals surface area contributed by atoms with E-state index in [0.29, 0.717) is 16.9 Å². The van der Waals surface area contributed by atoms with Gasteiger partial charge in [-0.2, -0.15) is 13.2 Å². The van der Waals surface area contributed by atoms with Crippen LogP contribution in [0.4, 0.5) is 18.9 Å². The summed E-state index contributed by atoms with van der Waals surface area (Å²) in [4.78, 5) is 18.1. The zero-order chi connectivity index (χ0) is 15.9. The maximum Gasteiger partial charge on any atom is 0.416 e. The van der Waals surface area contributed by atoms with E-state index in [1.165, 1.54) is 11.0 Å². The number of aryl methyl sites for hydroxylation is 1. The molecular formula is C16H13F3N2O. The first-order chi connectivity index (χ1) is 10.4. The molecule has 22 heavy (non-hydrogen) atoms. The van der Waals surface area contributed by atoms with Crippen molar-refractivity contribution in [2.75, 3.05) is 11.4 Å². The van der Waals surface area contributed by atoms with Gasteiger partial charge in [-0.05, 0) is 43.2 Å². The minimum absolute atomic E-state index is 0.185. The molecule has 0 radical (unpaired) electrons. The SMILES string of the molecule is Cc1ncccc1C(=O)N1CCc2c1cccc2C(F)(F)F. The molecule has 2 heterocycles. The van der Waals surface area contributed by atoms with Crippen molar-refractivity contribution in [3.63, 3.8) is 0 Å². The Morgan fingerprint density at radius 2 is 2.00 bits per heavy atom. The molecule has 1 aliphatic heterocycles. The van der Waals surface area contributed by atoms with Gasteiger partial charge in [-0.15, -0.1) is 0 Å². The van der Waals surface area contributed by atoms with E-state index < -0.39 is 11.7 Å². The molecule has 114 valence electrons. The first kappa shape index (κ1) is 14.6. The first-order valence-corrected chi connectivity index (χ1v) is 6.82. The third-order valence-electron chi connectivity index (χ3n) is 3.82. The molecule has 0 aliphatic carbocycles. The molecule has 1 aromatic heterocycles. The Morgan fingerprint density at radius 3 is 2.68 bits per heavy atom. The van der Waals surface area contributed by atoms with Gasteiger partial charge in [-0.25, -0.2) is 0 Å². The lowest BCUT2D eigenvalue weighted by Gasteiger charge is -2.19. The normalized spacial score (nSPS) is 14.1. The molecule has 1 aromatic carbocycles. The third kappa shape index (κ3) is 2.34. The summed E-state index contributed by atoms with van der Waals surface area (Å²) in [6, 6.07) is 7.23. The van der Waals surface area contributed by atoms with Gasteiger partial charge in [0.2, 0.25) is 0 Å². The highest BCUT2D eigenvalue weighted by molar-refractivity contribution is 6.08. The largest absolute Gasteiger partial charge is 0.416 e. The Hall–Kier alpha value is -2.37. The van der Waals surface area contributed by atoms with Crippen LogP contribution < -0.4 is 4.90 Å². The number of pyridine rings is 1. The summed E-state index contributed by atoms with van der Waals surface area (Å²) in [6.45, 7) is 1.95. The summed E-state index contributed by atoms with van der Waals surface area (Å²) < 4.78 is 39.1. The molecule has 0 saturated carbocycles.